The summed E-state index contributed by atoms with van der Waals surface area (Å²) in [5.74, 6) is 5.78. The third kappa shape index (κ3) is 4.93. The van der Waals surface area contributed by atoms with Gasteiger partial charge in [-0.1, -0.05) is 84.2 Å². The molecule has 4 rings (SSSR count). The van der Waals surface area contributed by atoms with Crippen LogP contribution in [0.15, 0.2) is 91.0 Å². The fourth-order valence-corrected chi connectivity index (χ4v) is 3.62. The van der Waals surface area contributed by atoms with Gasteiger partial charge in [0.25, 0.3) is 0 Å². The molecule has 0 fully saturated rings. The van der Waals surface area contributed by atoms with E-state index in [2.05, 4.69) is 48.3 Å². The molecular weight excluding hydrogens is 379 g/mol. The molecule has 0 aromatic heterocycles. The molecule has 0 aliphatic carbocycles. The number of hydrogen-bond acceptors (Lipinski definition) is 0. The van der Waals surface area contributed by atoms with Crippen LogP contribution in [0, 0.1) is 24.6 Å². The molecule has 0 N–H and O–H groups in total. The van der Waals surface area contributed by atoms with Gasteiger partial charge in [-0.2, -0.15) is 0 Å². The van der Waals surface area contributed by atoms with Gasteiger partial charge in [0.05, 0.1) is 5.56 Å². The molecule has 0 atom stereocenters. The minimum absolute atomic E-state index is 0.261. The van der Waals surface area contributed by atoms with Crippen LogP contribution in [-0.2, 0) is 6.42 Å². The Hall–Kier alpha value is -3.63. The Balaban J connectivity index is 1.59. The molecule has 0 spiro atoms. The lowest BCUT2D eigenvalue weighted by molar-refractivity contribution is 0.636. The molecule has 4 aromatic rings. The molecule has 0 amide bonds. The number of aryl methyl sites for hydroxylation is 2. The Labute approximate surface area is 184 Å². The third-order valence-electron chi connectivity index (χ3n) is 5.47. The first-order valence-electron chi connectivity index (χ1n) is 10.7. The fourth-order valence-electron chi connectivity index (χ4n) is 3.62. The number of fused-ring (bicyclic) bond motifs is 1. The van der Waals surface area contributed by atoms with Crippen LogP contribution in [-0.4, -0.2) is 0 Å². The molecule has 1 heteroatoms. The maximum absolute atomic E-state index is 15.1. The average Bonchev–Trinajstić information content (AvgIpc) is 2.80. The molecule has 0 saturated carbocycles. The van der Waals surface area contributed by atoms with Crippen molar-refractivity contribution in [3.8, 4) is 23.0 Å². The second-order valence-electron chi connectivity index (χ2n) is 7.78. The summed E-state index contributed by atoms with van der Waals surface area (Å²) >= 11 is 0. The first kappa shape index (κ1) is 20.6. The summed E-state index contributed by atoms with van der Waals surface area (Å²) in [5, 5.41) is 1.48. The van der Waals surface area contributed by atoms with Gasteiger partial charge in [0.2, 0.25) is 0 Å². The third-order valence-corrected chi connectivity index (χ3v) is 5.47. The molecule has 0 bridgehead atoms. The predicted molar refractivity (Wildman–Crippen MR) is 130 cm³/mol. The number of rotatable bonds is 4. The molecule has 0 unspecified atom stereocenters. The van der Waals surface area contributed by atoms with E-state index in [0.717, 1.165) is 34.9 Å². The molecular formula is C30H25F. The van der Waals surface area contributed by atoms with Crippen molar-refractivity contribution in [2.45, 2.75) is 26.7 Å². The van der Waals surface area contributed by atoms with E-state index in [1.54, 1.807) is 6.07 Å². The molecule has 4 aromatic carbocycles. The minimum Gasteiger partial charge on any atom is -0.205 e. The van der Waals surface area contributed by atoms with Crippen molar-refractivity contribution < 1.29 is 4.39 Å². The first-order chi connectivity index (χ1) is 15.1. The van der Waals surface area contributed by atoms with Crippen molar-refractivity contribution in [1.82, 2.24) is 0 Å². The van der Waals surface area contributed by atoms with Crippen LogP contribution in [0.25, 0.3) is 21.9 Å². The zero-order chi connectivity index (χ0) is 21.6. The summed E-state index contributed by atoms with van der Waals surface area (Å²) in [7, 11) is 0. The van der Waals surface area contributed by atoms with Gasteiger partial charge in [0.1, 0.15) is 5.82 Å². The van der Waals surface area contributed by atoms with Gasteiger partial charge in [-0.3, -0.25) is 0 Å². The van der Waals surface area contributed by atoms with E-state index in [0.29, 0.717) is 10.9 Å². The van der Waals surface area contributed by atoms with Gasteiger partial charge in [-0.15, -0.1) is 0 Å². The quantitative estimate of drug-likeness (QED) is 0.240. The van der Waals surface area contributed by atoms with Gasteiger partial charge in [0.15, 0.2) is 0 Å². The summed E-state index contributed by atoms with van der Waals surface area (Å²) in [6, 6.07) is 26.2. The van der Waals surface area contributed by atoms with Crippen LogP contribution in [0.1, 0.15) is 35.6 Å². The minimum atomic E-state index is -0.261. The lowest BCUT2D eigenvalue weighted by Crippen LogP contribution is -1.88. The molecule has 0 heterocycles. The Morgan fingerprint density at radius 1 is 0.806 bits per heavy atom. The Bertz CT molecular complexity index is 1280. The van der Waals surface area contributed by atoms with E-state index >= 15 is 4.39 Å². The van der Waals surface area contributed by atoms with E-state index in [1.807, 2.05) is 62.4 Å². The maximum atomic E-state index is 15.1. The van der Waals surface area contributed by atoms with E-state index in [4.69, 9.17) is 0 Å². The molecule has 152 valence electrons. The highest BCUT2D eigenvalue weighted by Gasteiger charge is 2.07. The second-order valence-corrected chi connectivity index (χ2v) is 7.78. The largest absolute Gasteiger partial charge is 0.205 e. The first-order valence-corrected chi connectivity index (χ1v) is 10.7. The van der Waals surface area contributed by atoms with E-state index in [-0.39, 0.29) is 5.82 Å². The van der Waals surface area contributed by atoms with Crippen molar-refractivity contribution >= 4 is 10.8 Å². The molecule has 0 radical (unpaired) electrons. The number of hydrogen-bond donors (Lipinski definition) is 0. The Morgan fingerprint density at radius 3 is 2.29 bits per heavy atom. The summed E-state index contributed by atoms with van der Waals surface area (Å²) in [4.78, 5) is 0. The van der Waals surface area contributed by atoms with Crippen molar-refractivity contribution in [3.05, 3.63) is 119 Å². The van der Waals surface area contributed by atoms with Crippen LogP contribution in [0.3, 0.4) is 0 Å². The highest BCUT2D eigenvalue weighted by Crippen LogP contribution is 2.27. The van der Waals surface area contributed by atoms with Crippen LogP contribution in [0.5, 0.6) is 0 Å². The smallest absolute Gasteiger partial charge is 0.146 e. The Morgan fingerprint density at radius 2 is 1.55 bits per heavy atom. The number of benzene rings is 4. The topological polar surface area (TPSA) is 0 Å². The Kier molecular flexibility index (Phi) is 6.29. The summed E-state index contributed by atoms with van der Waals surface area (Å²) in [5.41, 5.74) is 6.04. The van der Waals surface area contributed by atoms with Crippen molar-refractivity contribution in [2.24, 2.45) is 0 Å². The summed E-state index contributed by atoms with van der Waals surface area (Å²) < 4.78 is 15.1. The summed E-state index contributed by atoms with van der Waals surface area (Å²) in [6.45, 7) is 4.08. The molecule has 0 nitrogen and oxygen atoms in total. The fraction of sp³-hybridized carbons (Fsp3) is 0.133. The second kappa shape index (κ2) is 9.45. The zero-order valence-corrected chi connectivity index (χ0v) is 18.0. The van der Waals surface area contributed by atoms with Gasteiger partial charge < -0.3 is 0 Å². The van der Waals surface area contributed by atoms with Crippen molar-refractivity contribution in [1.29, 1.82) is 0 Å². The lowest BCUT2D eigenvalue weighted by Gasteiger charge is -2.07. The number of halogens is 1. The van der Waals surface area contributed by atoms with Crippen molar-refractivity contribution in [2.75, 3.05) is 0 Å². The molecule has 31 heavy (non-hydrogen) atoms. The van der Waals surface area contributed by atoms with E-state index < -0.39 is 0 Å². The zero-order valence-electron chi connectivity index (χ0n) is 18.0. The maximum Gasteiger partial charge on any atom is 0.146 e. The highest BCUT2D eigenvalue weighted by molar-refractivity contribution is 5.89. The normalized spacial score (nSPS) is 10.9. The molecule has 0 aliphatic rings. The molecule has 0 aliphatic heterocycles. The molecule has 0 saturated heterocycles. The monoisotopic (exact) mass is 404 g/mol. The number of allylic oxidation sites excluding steroid dienone is 2. The van der Waals surface area contributed by atoms with Gasteiger partial charge in [-0.05, 0) is 73.0 Å². The van der Waals surface area contributed by atoms with Crippen molar-refractivity contribution in [3.63, 3.8) is 0 Å². The van der Waals surface area contributed by atoms with Gasteiger partial charge in [-0.25, -0.2) is 4.39 Å². The van der Waals surface area contributed by atoms with Crippen LogP contribution >= 0.6 is 0 Å². The van der Waals surface area contributed by atoms with Crippen LogP contribution in [0.4, 0.5) is 4.39 Å². The van der Waals surface area contributed by atoms with E-state index in [9.17, 15) is 0 Å². The SMILES string of the molecule is C/C=C/CCc1ccc(-c2ccc3c(F)c(C#Cc4ccc(C)cc4)ccc3c2)cc1. The highest BCUT2D eigenvalue weighted by atomic mass is 19.1. The summed E-state index contributed by atoms with van der Waals surface area (Å²) in [6.07, 6.45) is 6.37. The van der Waals surface area contributed by atoms with Gasteiger partial charge in [0, 0.05) is 10.9 Å². The van der Waals surface area contributed by atoms with Crippen LogP contribution < -0.4 is 0 Å². The van der Waals surface area contributed by atoms with Gasteiger partial charge >= 0.3 is 0 Å². The predicted octanol–water partition coefficient (Wildman–Crippen LogP) is 7.86. The standard InChI is InChI=1S/C30H25F/c1-3-4-5-6-23-11-14-25(15-12-23)27-19-20-29-28(21-27)18-17-26(30(29)31)16-13-24-9-7-22(2)8-10-24/h3-4,7-12,14-15,17-21H,5-6H2,1-2H3/b4-3+. The average molecular weight is 405 g/mol. The lowest BCUT2D eigenvalue weighted by atomic mass is 9.98. The van der Waals surface area contributed by atoms with E-state index in [1.165, 1.54) is 11.1 Å². The van der Waals surface area contributed by atoms with Crippen LogP contribution in [0.2, 0.25) is 0 Å².